The largest absolute Gasteiger partial charge is 0.496 e. The Hall–Kier alpha value is -1.81. The molecule has 20 heavy (non-hydrogen) atoms. The monoisotopic (exact) mass is 273 g/mol. The Morgan fingerprint density at radius 3 is 2.60 bits per heavy atom. The number of methoxy groups -OCH3 is 1. The molecule has 0 amide bonds. The quantitative estimate of drug-likeness (QED) is 0.910. The molecule has 0 spiro atoms. The Kier molecular flexibility index (Phi) is 4.45. The summed E-state index contributed by atoms with van der Waals surface area (Å²) in [6.07, 6.45) is 0. The Morgan fingerprint density at radius 1 is 1.30 bits per heavy atom. The highest BCUT2D eigenvalue weighted by Crippen LogP contribution is 2.22. The number of rotatable bonds is 5. The Balaban J connectivity index is 2.10. The van der Waals surface area contributed by atoms with Crippen LogP contribution in [0.1, 0.15) is 35.5 Å². The minimum absolute atomic E-state index is 0.258. The molecule has 1 aromatic carbocycles. The summed E-state index contributed by atoms with van der Waals surface area (Å²) in [5.74, 6) is 0.923. The van der Waals surface area contributed by atoms with Crippen LogP contribution < -0.4 is 10.1 Å². The first kappa shape index (κ1) is 14.6. The molecule has 2 aromatic rings. The van der Waals surface area contributed by atoms with Crippen molar-refractivity contribution in [3.05, 3.63) is 46.8 Å². The zero-order valence-electron chi connectivity index (χ0n) is 12.9. The van der Waals surface area contributed by atoms with Crippen molar-refractivity contribution in [2.45, 2.75) is 33.4 Å². The Morgan fingerprint density at radius 2 is 2.00 bits per heavy atom. The fraction of sp³-hybridized carbons (Fsp3) is 0.438. The number of ether oxygens (including phenoxy) is 1. The summed E-state index contributed by atoms with van der Waals surface area (Å²) in [5.41, 5.74) is 4.75. The molecule has 0 saturated heterocycles. The van der Waals surface area contributed by atoms with Crippen molar-refractivity contribution in [2.75, 3.05) is 7.11 Å². The molecule has 0 aliphatic carbocycles. The number of benzene rings is 1. The van der Waals surface area contributed by atoms with Gasteiger partial charge in [-0.2, -0.15) is 5.10 Å². The van der Waals surface area contributed by atoms with Gasteiger partial charge in [-0.1, -0.05) is 18.2 Å². The van der Waals surface area contributed by atoms with Gasteiger partial charge in [-0.15, -0.1) is 0 Å². The van der Waals surface area contributed by atoms with E-state index in [4.69, 9.17) is 4.74 Å². The first-order valence-electron chi connectivity index (χ1n) is 6.90. The SMILES string of the molecule is COc1ccccc1CNC(C)c1c(C)nn(C)c1C. The number of nitrogens with one attached hydrogen (secondary N) is 1. The number of hydrogen-bond acceptors (Lipinski definition) is 3. The molecule has 0 fully saturated rings. The summed E-state index contributed by atoms with van der Waals surface area (Å²) in [5, 5.41) is 8.02. The fourth-order valence-corrected chi connectivity index (χ4v) is 2.63. The van der Waals surface area contributed by atoms with Crippen LogP contribution in [-0.4, -0.2) is 16.9 Å². The third kappa shape index (κ3) is 2.85. The molecule has 4 heteroatoms. The van der Waals surface area contributed by atoms with Gasteiger partial charge < -0.3 is 10.1 Å². The summed E-state index contributed by atoms with van der Waals surface area (Å²) in [4.78, 5) is 0. The van der Waals surface area contributed by atoms with Crippen LogP contribution in [0.25, 0.3) is 0 Å². The van der Waals surface area contributed by atoms with Crippen molar-refractivity contribution in [3.8, 4) is 5.75 Å². The second kappa shape index (κ2) is 6.09. The van der Waals surface area contributed by atoms with Gasteiger partial charge in [-0.25, -0.2) is 0 Å². The predicted molar refractivity (Wildman–Crippen MR) is 80.9 cm³/mol. The standard InChI is InChI=1S/C16H23N3O/c1-11(16-12(2)18-19(4)13(16)3)17-10-14-8-6-7-9-15(14)20-5/h6-9,11,17H,10H2,1-5H3. The minimum atomic E-state index is 0.258. The zero-order valence-corrected chi connectivity index (χ0v) is 12.9. The highest BCUT2D eigenvalue weighted by molar-refractivity contribution is 5.33. The van der Waals surface area contributed by atoms with Gasteiger partial charge in [0, 0.05) is 36.5 Å². The first-order chi connectivity index (χ1) is 9.54. The van der Waals surface area contributed by atoms with Crippen LogP contribution in [-0.2, 0) is 13.6 Å². The second-order valence-corrected chi connectivity index (χ2v) is 5.12. The van der Waals surface area contributed by atoms with Gasteiger partial charge in [0.15, 0.2) is 0 Å². The van der Waals surface area contributed by atoms with E-state index >= 15 is 0 Å². The molecule has 2 rings (SSSR count). The van der Waals surface area contributed by atoms with Crippen LogP contribution in [0.2, 0.25) is 0 Å². The van der Waals surface area contributed by atoms with E-state index < -0.39 is 0 Å². The van der Waals surface area contributed by atoms with Crippen molar-refractivity contribution >= 4 is 0 Å². The van der Waals surface area contributed by atoms with Gasteiger partial charge in [0.1, 0.15) is 5.75 Å². The highest BCUT2D eigenvalue weighted by atomic mass is 16.5. The van der Waals surface area contributed by atoms with Gasteiger partial charge in [-0.05, 0) is 26.8 Å². The average molecular weight is 273 g/mol. The van der Waals surface area contributed by atoms with E-state index in [9.17, 15) is 0 Å². The lowest BCUT2D eigenvalue weighted by atomic mass is 10.1. The van der Waals surface area contributed by atoms with Crippen LogP contribution in [0.15, 0.2) is 24.3 Å². The second-order valence-electron chi connectivity index (χ2n) is 5.12. The van der Waals surface area contributed by atoms with Gasteiger partial charge >= 0.3 is 0 Å². The molecule has 0 bridgehead atoms. The van der Waals surface area contributed by atoms with E-state index in [1.807, 2.05) is 29.9 Å². The molecular weight excluding hydrogens is 250 g/mol. The topological polar surface area (TPSA) is 39.1 Å². The van der Waals surface area contributed by atoms with Crippen LogP contribution >= 0.6 is 0 Å². The lowest BCUT2D eigenvalue weighted by molar-refractivity contribution is 0.406. The summed E-state index contributed by atoms with van der Waals surface area (Å²) < 4.78 is 7.31. The van der Waals surface area contributed by atoms with Crippen molar-refractivity contribution in [2.24, 2.45) is 7.05 Å². The third-order valence-corrected chi connectivity index (χ3v) is 3.79. The van der Waals surface area contributed by atoms with E-state index in [1.54, 1.807) is 7.11 Å². The lowest BCUT2D eigenvalue weighted by Gasteiger charge is -2.16. The van der Waals surface area contributed by atoms with E-state index in [2.05, 4.69) is 37.3 Å². The molecule has 1 aromatic heterocycles. The van der Waals surface area contributed by atoms with Crippen molar-refractivity contribution in [3.63, 3.8) is 0 Å². The molecule has 0 aliphatic rings. The minimum Gasteiger partial charge on any atom is -0.496 e. The molecule has 0 aliphatic heterocycles. The van der Waals surface area contributed by atoms with Gasteiger partial charge in [0.2, 0.25) is 0 Å². The van der Waals surface area contributed by atoms with Crippen LogP contribution in [0.4, 0.5) is 0 Å². The molecule has 0 saturated carbocycles. The first-order valence-corrected chi connectivity index (χ1v) is 6.90. The summed E-state index contributed by atoms with van der Waals surface area (Å²) in [7, 11) is 3.69. The lowest BCUT2D eigenvalue weighted by Crippen LogP contribution is -2.19. The van der Waals surface area contributed by atoms with Crippen LogP contribution in [0, 0.1) is 13.8 Å². The number of hydrogen-bond donors (Lipinski definition) is 1. The van der Waals surface area contributed by atoms with E-state index in [1.165, 1.54) is 16.8 Å². The Bertz CT molecular complexity index is 589. The fourth-order valence-electron chi connectivity index (χ4n) is 2.63. The molecule has 4 nitrogen and oxygen atoms in total. The average Bonchev–Trinajstić information content (AvgIpc) is 2.70. The molecule has 1 unspecified atom stereocenters. The third-order valence-electron chi connectivity index (χ3n) is 3.79. The van der Waals surface area contributed by atoms with Gasteiger partial charge in [0.25, 0.3) is 0 Å². The molecule has 108 valence electrons. The predicted octanol–water partition coefficient (Wildman–Crippen LogP) is 2.90. The van der Waals surface area contributed by atoms with E-state index in [-0.39, 0.29) is 6.04 Å². The van der Waals surface area contributed by atoms with Gasteiger partial charge in [-0.3, -0.25) is 4.68 Å². The van der Waals surface area contributed by atoms with E-state index in [0.29, 0.717) is 0 Å². The molecular formula is C16H23N3O. The Labute approximate surface area is 120 Å². The number of aryl methyl sites for hydroxylation is 2. The molecule has 1 N–H and O–H groups in total. The van der Waals surface area contributed by atoms with Crippen molar-refractivity contribution < 1.29 is 4.74 Å². The normalized spacial score (nSPS) is 12.4. The van der Waals surface area contributed by atoms with Gasteiger partial charge in [0.05, 0.1) is 12.8 Å². The zero-order chi connectivity index (χ0) is 14.7. The maximum absolute atomic E-state index is 5.38. The highest BCUT2D eigenvalue weighted by Gasteiger charge is 2.16. The van der Waals surface area contributed by atoms with E-state index in [0.717, 1.165) is 18.0 Å². The number of nitrogens with zero attached hydrogens (tertiary/aromatic N) is 2. The summed E-state index contributed by atoms with van der Waals surface area (Å²) in [6.45, 7) is 7.12. The smallest absolute Gasteiger partial charge is 0.123 e. The molecule has 1 heterocycles. The van der Waals surface area contributed by atoms with Crippen LogP contribution in [0.3, 0.4) is 0 Å². The summed E-state index contributed by atoms with van der Waals surface area (Å²) in [6, 6.07) is 8.35. The maximum Gasteiger partial charge on any atom is 0.123 e. The summed E-state index contributed by atoms with van der Waals surface area (Å²) >= 11 is 0. The van der Waals surface area contributed by atoms with Crippen molar-refractivity contribution in [1.82, 2.24) is 15.1 Å². The molecule has 1 atom stereocenters. The molecule has 0 radical (unpaired) electrons. The number of para-hydroxylation sites is 1. The van der Waals surface area contributed by atoms with Crippen molar-refractivity contribution in [1.29, 1.82) is 0 Å². The maximum atomic E-state index is 5.38. The van der Waals surface area contributed by atoms with Crippen LogP contribution in [0.5, 0.6) is 5.75 Å². The number of aromatic nitrogens is 2.